The van der Waals surface area contributed by atoms with Crippen molar-refractivity contribution in [2.45, 2.75) is 36.7 Å². The highest BCUT2D eigenvalue weighted by Gasteiger charge is 2.23. The molecule has 32 heavy (non-hydrogen) atoms. The standard InChI is InChI=1S/C21H19ClFN5O2S2/c22-20-9-25-21(31-20)27-32(29,30)19-6-14-11-28(26-18(14)8-17(19)23)10-13-3-1-2-12-4-5-15(24)7-16(12)13/h1-3,6,8-9,11,15H,4-5,7,10,24H2,(H,25,27). The molecule has 0 fully saturated rings. The van der Waals surface area contributed by atoms with E-state index in [2.05, 4.69) is 20.9 Å². The maximum atomic E-state index is 14.7. The van der Waals surface area contributed by atoms with Crippen LogP contribution in [0.1, 0.15) is 23.1 Å². The average Bonchev–Trinajstić information content (AvgIpc) is 3.32. The number of rotatable bonds is 5. The Hall–Kier alpha value is -2.53. The van der Waals surface area contributed by atoms with Gasteiger partial charge in [0.1, 0.15) is 15.0 Å². The van der Waals surface area contributed by atoms with Crippen molar-refractivity contribution in [3.63, 3.8) is 0 Å². The number of anilines is 1. The molecule has 1 atom stereocenters. The molecule has 0 aliphatic heterocycles. The van der Waals surface area contributed by atoms with E-state index in [1.165, 1.54) is 23.4 Å². The van der Waals surface area contributed by atoms with E-state index in [-0.39, 0.29) is 11.2 Å². The highest BCUT2D eigenvalue weighted by Crippen LogP contribution is 2.29. The molecule has 1 aliphatic rings. The third-order valence-corrected chi connectivity index (χ3v) is 8.06. The number of halogens is 2. The van der Waals surface area contributed by atoms with Gasteiger partial charge in [0, 0.05) is 23.7 Å². The molecule has 0 radical (unpaired) electrons. The number of aryl methyl sites for hydroxylation is 1. The fourth-order valence-electron chi connectivity index (χ4n) is 4.05. The summed E-state index contributed by atoms with van der Waals surface area (Å²) in [5, 5.41) is 5.04. The number of hydrogen-bond acceptors (Lipinski definition) is 6. The second-order valence-electron chi connectivity index (χ2n) is 7.80. The lowest BCUT2D eigenvalue weighted by Gasteiger charge is -2.24. The van der Waals surface area contributed by atoms with Gasteiger partial charge in [-0.2, -0.15) is 5.10 Å². The van der Waals surface area contributed by atoms with Crippen LogP contribution in [0, 0.1) is 5.82 Å². The molecule has 1 unspecified atom stereocenters. The van der Waals surface area contributed by atoms with E-state index >= 15 is 0 Å². The van der Waals surface area contributed by atoms with Gasteiger partial charge in [0.15, 0.2) is 5.13 Å². The molecule has 0 saturated carbocycles. The topological polar surface area (TPSA) is 103 Å². The zero-order chi connectivity index (χ0) is 22.5. The number of hydrogen-bond donors (Lipinski definition) is 2. The molecular formula is C21H19ClFN5O2S2. The third-order valence-electron chi connectivity index (χ3n) is 5.55. The van der Waals surface area contributed by atoms with Crippen molar-refractivity contribution in [3.8, 4) is 0 Å². The van der Waals surface area contributed by atoms with Crippen molar-refractivity contribution in [1.82, 2.24) is 14.8 Å². The fourth-order valence-corrected chi connectivity index (χ4v) is 6.20. The maximum Gasteiger partial charge on any atom is 0.266 e. The smallest absolute Gasteiger partial charge is 0.266 e. The molecule has 5 rings (SSSR count). The Morgan fingerprint density at radius 1 is 1.34 bits per heavy atom. The number of thiazole rings is 1. The van der Waals surface area contributed by atoms with Crippen LogP contribution in [0.4, 0.5) is 9.52 Å². The Labute approximate surface area is 193 Å². The fraction of sp³-hybridized carbons (Fsp3) is 0.238. The van der Waals surface area contributed by atoms with Crippen LogP contribution in [-0.4, -0.2) is 29.2 Å². The molecule has 2 aromatic heterocycles. The number of nitrogens with two attached hydrogens (primary N) is 1. The lowest BCUT2D eigenvalue weighted by molar-refractivity contribution is 0.567. The Balaban J connectivity index is 1.47. The number of fused-ring (bicyclic) bond motifs is 2. The quantitative estimate of drug-likeness (QED) is 0.440. The molecule has 166 valence electrons. The molecule has 1 aliphatic carbocycles. The Kier molecular flexibility index (Phi) is 5.40. The summed E-state index contributed by atoms with van der Waals surface area (Å²) in [6.07, 6.45) is 5.78. The van der Waals surface area contributed by atoms with Crippen molar-refractivity contribution < 1.29 is 12.8 Å². The van der Waals surface area contributed by atoms with E-state index in [9.17, 15) is 12.8 Å². The third kappa shape index (κ3) is 4.11. The van der Waals surface area contributed by atoms with E-state index in [4.69, 9.17) is 17.3 Å². The van der Waals surface area contributed by atoms with Crippen LogP contribution in [0.5, 0.6) is 0 Å². The summed E-state index contributed by atoms with van der Waals surface area (Å²) in [5.41, 5.74) is 10.2. The van der Waals surface area contributed by atoms with Gasteiger partial charge in [0.05, 0.1) is 18.3 Å². The van der Waals surface area contributed by atoms with Crippen molar-refractivity contribution in [2.75, 3.05) is 4.72 Å². The summed E-state index contributed by atoms with van der Waals surface area (Å²) in [4.78, 5) is 3.39. The number of benzene rings is 2. The second-order valence-corrected chi connectivity index (χ2v) is 11.1. The highest BCUT2D eigenvalue weighted by atomic mass is 35.5. The zero-order valence-corrected chi connectivity index (χ0v) is 19.1. The van der Waals surface area contributed by atoms with Crippen molar-refractivity contribution in [3.05, 3.63) is 69.6 Å². The minimum atomic E-state index is -4.18. The summed E-state index contributed by atoms with van der Waals surface area (Å²) < 4.78 is 44.4. The van der Waals surface area contributed by atoms with E-state index in [1.807, 2.05) is 12.1 Å². The highest BCUT2D eigenvalue weighted by molar-refractivity contribution is 7.93. The molecule has 2 aromatic carbocycles. The van der Waals surface area contributed by atoms with Crippen LogP contribution in [-0.2, 0) is 29.4 Å². The lowest BCUT2D eigenvalue weighted by atomic mass is 9.86. The van der Waals surface area contributed by atoms with Crippen LogP contribution in [0.15, 0.2) is 47.6 Å². The summed E-state index contributed by atoms with van der Waals surface area (Å²) in [5.74, 6) is -0.888. The van der Waals surface area contributed by atoms with Gasteiger partial charge in [-0.1, -0.05) is 41.1 Å². The van der Waals surface area contributed by atoms with Crippen molar-refractivity contribution >= 4 is 49.0 Å². The number of aromatic nitrogens is 3. The predicted octanol–water partition coefficient (Wildman–Crippen LogP) is 3.95. The van der Waals surface area contributed by atoms with Gasteiger partial charge in [0.25, 0.3) is 10.0 Å². The van der Waals surface area contributed by atoms with Gasteiger partial charge in [-0.3, -0.25) is 9.40 Å². The SMILES string of the molecule is NC1CCc2cccc(Cn3cc4cc(S(=O)(=O)Nc5ncc(Cl)s5)c(F)cc4n3)c2C1. The Bertz CT molecular complexity index is 1430. The van der Waals surface area contributed by atoms with Crippen LogP contribution in [0.2, 0.25) is 4.34 Å². The first-order valence-electron chi connectivity index (χ1n) is 9.94. The first-order valence-corrected chi connectivity index (χ1v) is 12.6. The van der Waals surface area contributed by atoms with Crippen molar-refractivity contribution in [1.29, 1.82) is 0 Å². The number of nitrogens with one attached hydrogen (secondary N) is 1. The molecule has 0 spiro atoms. The first kappa shape index (κ1) is 21.3. The minimum Gasteiger partial charge on any atom is -0.327 e. The summed E-state index contributed by atoms with van der Waals surface area (Å²) in [7, 11) is -4.18. The van der Waals surface area contributed by atoms with E-state index in [0.717, 1.165) is 42.2 Å². The number of sulfonamides is 1. The summed E-state index contributed by atoms with van der Waals surface area (Å²) >= 11 is 6.75. The van der Waals surface area contributed by atoms with Gasteiger partial charge in [-0.15, -0.1) is 0 Å². The molecule has 3 N–H and O–H groups in total. The lowest BCUT2D eigenvalue weighted by Crippen LogP contribution is -2.28. The van der Waals surface area contributed by atoms with Crippen molar-refractivity contribution in [2.24, 2.45) is 5.73 Å². The zero-order valence-electron chi connectivity index (χ0n) is 16.8. The monoisotopic (exact) mass is 491 g/mol. The van der Waals surface area contributed by atoms with Crippen LogP contribution < -0.4 is 10.5 Å². The largest absolute Gasteiger partial charge is 0.327 e. The number of nitrogens with zero attached hydrogens (tertiary/aromatic N) is 3. The summed E-state index contributed by atoms with van der Waals surface area (Å²) in [6.45, 7) is 0.490. The molecular weight excluding hydrogens is 473 g/mol. The van der Waals surface area contributed by atoms with Gasteiger partial charge in [-0.25, -0.2) is 17.8 Å². The summed E-state index contributed by atoms with van der Waals surface area (Å²) in [6, 6.07) is 8.74. The molecule has 0 saturated heterocycles. The minimum absolute atomic E-state index is 0.0669. The van der Waals surface area contributed by atoms with Crippen LogP contribution >= 0.6 is 22.9 Å². The molecule has 2 heterocycles. The van der Waals surface area contributed by atoms with Gasteiger partial charge >= 0.3 is 0 Å². The van der Waals surface area contributed by atoms with Gasteiger partial charge in [0.2, 0.25) is 0 Å². The van der Waals surface area contributed by atoms with Gasteiger partial charge < -0.3 is 5.73 Å². The molecule has 0 amide bonds. The predicted molar refractivity (Wildman–Crippen MR) is 123 cm³/mol. The molecule has 7 nitrogen and oxygen atoms in total. The van der Waals surface area contributed by atoms with E-state index < -0.39 is 20.7 Å². The normalized spacial score (nSPS) is 16.3. The molecule has 0 bridgehead atoms. The average molecular weight is 492 g/mol. The molecule has 4 aromatic rings. The Morgan fingerprint density at radius 2 is 2.19 bits per heavy atom. The van der Waals surface area contributed by atoms with Crippen LogP contribution in [0.25, 0.3) is 10.9 Å². The second kappa shape index (κ2) is 8.11. The van der Waals surface area contributed by atoms with E-state index in [0.29, 0.717) is 21.8 Å². The Morgan fingerprint density at radius 3 is 2.97 bits per heavy atom. The molecule has 11 heteroatoms. The van der Waals surface area contributed by atoms with Crippen LogP contribution in [0.3, 0.4) is 0 Å². The maximum absolute atomic E-state index is 14.7. The van der Waals surface area contributed by atoms with Gasteiger partial charge in [-0.05, 0) is 42.0 Å². The first-order chi connectivity index (χ1) is 15.3. The van der Waals surface area contributed by atoms with E-state index in [1.54, 1.807) is 10.9 Å².